The van der Waals surface area contributed by atoms with Crippen LogP contribution in [-0.4, -0.2) is 27.9 Å². The third-order valence-corrected chi connectivity index (χ3v) is 2.17. The first-order valence-electron chi connectivity index (χ1n) is 4.78. The molecule has 0 aliphatic heterocycles. The summed E-state index contributed by atoms with van der Waals surface area (Å²) in [5, 5.41) is 7.64. The molecule has 0 radical (unpaired) electrons. The lowest BCUT2D eigenvalue weighted by Crippen LogP contribution is -1.95. The van der Waals surface area contributed by atoms with Crippen molar-refractivity contribution in [1.29, 1.82) is 0 Å². The fourth-order valence-corrected chi connectivity index (χ4v) is 1.30. The van der Waals surface area contributed by atoms with E-state index >= 15 is 0 Å². The lowest BCUT2D eigenvalue weighted by molar-refractivity contribution is 0.101. The molecular formula is C11H11N3O2. The van der Waals surface area contributed by atoms with Gasteiger partial charge in [-0.05, 0) is 12.1 Å². The Morgan fingerprint density at radius 1 is 1.44 bits per heavy atom. The van der Waals surface area contributed by atoms with Crippen LogP contribution in [0.5, 0.6) is 5.75 Å². The number of rotatable bonds is 3. The van der Waals surface area contributed by atoms with Crippen LogP contribution in [0.2, 0.25) is 0 Å². The Labute approximate surface area is 92.7 Å². The first kappa shape index (κ1) is 10.4. The predicted molar refractivity (Wildman–Crippen MR) is 57.9 cm³/mol. The highest BCUT2D eigenvalue weighted by atomic mass is 16.5. The van der Waals surface area contributed by atoms with E-state index in [0.717, 1.165) is 11.4 Å². The van der Waals surface area contributed by atoms with Crippen molar-refractivity contribution in [1.82, 2.24) is 15.0 Å². The summed E-state index contributed by atoms with van der Waals surface area (Å²) in [6.45, 7) is 1.46. The van der Waals surface area contributed by atoms with Gasteiger partial charge in [0.2, 0.25) is 0 Å². The predicted octanol–water partition coefficient (Wildman–Crippen LogP) is 1.48. The second kappa shape index (κ2) is 4.14. The number of hydrogen-bond acceptors (Lipinski definition) is 4. The van der Waals surface area contributed by atoms with Gasteiger partial charge in [0.25, 0.3) is 0 Å². The molecule has 0 saturated carbocycles. The third-order valence-electron chi connectivity index (χ3n) is 2.17. The molecule has 0 fully saturated rings. The van der Waals surface area contributed by atoms with Crippen molar-refractivity contribution in [2.45, 2.75) is 6.92 Å². The lowest BCUT2D eigenvalue weighted by atomic mass is 10.3. The minimum Gasteiger partial charge on any atom is -0.497 e. The van der Waals surface area contributed by atoms with Gasteiger partial charge in [-0.1, -0.05) is 11.3 Å². The zero-order valence-electron chi connectivity index (χ0n) is 9.04. The van der Waals surface area contributed by atoms with Crippen LogP contribution < -0.4 is 4.74 Å². The number of carbonyl (C=O) groups excluding carboxylic acids is 1. The van der Waals surface area contributed by atoms with Gasteiger partial charge < -0.3 is 4.74 Å². The lowest BCUT2D eigenvalue weighted by Gasteiger charge is -2.02. The van der Waals surface area contributed by atoms with Gasteiger partial charge >= 0.3 is 0 Å². The highest BCUT2D eigenvalue weighted by Crippen LogP contribution is 2.15. The summed E-state index contributed by atoms with van der Waals surface area (Å²) in [6.07, 6.45) is 1.59. The maximum absolute atomic E-state index is 11.1. The molecule has 1 aromatic heterocycles. The van der Waals surface area contributed by atoms with Crippen molar-refractivity contribution in [3.05, 3.63) is 36.2 Å². The minimum absolute atomic E-state index is 0.103. The van der Waals surface area contributed by atoms with E-state index in [0.29, 0.717) is 5.69 Å². The van der Waals surface area contributed by atoms with E-state index in [4.69, 9.17) is 4.74 Å². The summed E-state index contributed by atoms with van der Waals surface area (Å²) >= 11 is 0. The number of benzene rings is 1. The molecule has 0 amide bonds. The maximum atomic E-state index is 11.1. The van der Waals surface area contributed by atoms with Crippen molar-refractivity contribution in [2.24, 2.45) is 0 Å². The molecule has 2 aromatic rings. The van der Waals surface area contributed by atoms with Gasteiger partial charge in [-0.2, -0.15) is 0 Å². The second-order valence-corrected chi connectivity index (χ2v) is 3.31. The monoisotopic (exact) mass is 217 g/mol. The Hall–Kier alpha value is -2.17. The van der Waals surface area contributed by atoms with Crippen LogP contribution in [0.25, 0.3) is 5.69 Å². The fourth-order valence-electron chi connectivity index (χ4n) is 1.30. The van der Waals surface area contributed by atoms with Crippen LogP contribution in [0.1, 0.15) is 17.4 Å². The van der Waals surface area contributed by atoms with E-state index in [-0.39, 0.29) is 5.78 Å². The number of hydrogen-bond donors (Lipinski definition) is 0. The van der Waals surface area contributed by atoms with E-state index in [2.05, 4.69) is 10.3 Å². The van der Waals surface area contributed by atoms with Gasteiger partial charge in [-0.25, -0.2) is 4.68 Å². The zero-order chi connectivity index (χ0) is 11.5. The summed E-state index contributed by atoms with van der Waals surface area (Å²) in [4.78, 5) is 11.1. The Morgan fingerprint density at radius 2 is 2.25 bits per heavy atom. The average Bonchev–Trinajstić information content (AvgIpc) is 2.78. The van der Waals surface area contributed by atoms with Crippen molar-refractivity contribution in [2.75, 3.05) is 7.11 Å². The largest absolute Gasteiger partial charge is 0.497 e. The van der Waals surface area contributed by atoms with Gasteiger partial charge in [0, 0.05) is 13.0 Å². The topological polar surface area (TPSA) is 57.0 Å². The van der Waals surface area contributed by atoms with Gasteiger partial charge in [-0.3, -0.25) is 4.79 Å². The maximum Gasteiger partial charge on any atom is 0.181 e. The van der Waals surface area contributed by atoms with E-state index in [1.165, 1.54) is 6.92 Å². The number of ether oxygens (including phenoxy) is 1. The van der Waals surface area contributed by atoms with Crippen LogP contribution in [0.4, 0.5) is 0 Å². The highest BCUT2D eigenvalue weighted by Gasteiger charge is 2.06. The van der Waals surface area contributed by atoms with Crippen LogP contribution in [-0.2, 0) is 0 Å². The fraction of sp³-hybridized carbons (Fsp3) is 0.182. The molecule has 5 nitrogen and oxygen atoms in total. The SMILES string of the molecule is COc1cccc(-n2cc(C(C)=O)nn2)c1. The van der Waals surface area contributed by atoms with Crippen molar-refractivity contribution in [3.8, 4) is 11.4 Å². The summed E-state index contributed by atoms with van der Waals surface area (Å²) in [6, 6.07) is 7.37. The number of Topliss-reactive ketones (excluding diaryl/α,β-unsaturated/α-hetero) is 1. The Morgan fingerprint density at radius 3 is 2.88 bits per heavy atom. The van der Waals surface area contributed by atoms with Crippen molar-refractivity contribution < 1.29 is 9.53 Å². The van der Waals surface area contributed by atoms with Crippen molar-refractivity contribution in [3.63, 3.8) is 0 Å². The van der Waals surface area contributed by atoms with E-state index < -0.39 is 0 Å². The molecular weight excluding hydrogens is 206 g/mol. The van der Waals surface area contributed by atoms with Crippen molar-refractivity contribution >= 4 is 5.78 Å². The van der Waals surface area contributed by atoms with Gasteiger partial charge in [0.05, 0.1) is 19.0 Å². The molecule has 2 rings (SSSR count). The molecule has 1 aromatic carbocycles. The molecule has 0 aliphatic rings. The van der Waals surface area contributed by atoms with Gasteiger partial charge in [-0.15, -0.1) is 5.10 Å². The summed E-state index contributed by atoms with van der Waals surface area (Å²) < 4.78 is 6.64. The van der Waals surface area contributed by atoms with Gasteiger partial charge in [0.15, 0.2) is 5.78 Å². The minimum atomic E-state index is -0.103. The molecule has 0 aliphatic carbocycles. The average molecular weight is 217 g/mol. The summed E-state index contributed by atoms with van der Waals surface area (Å²) in [7, 11) is 1.60. The first-order valence-corrected chi connectivity index (χ1v) is 4.78. The molecule has 0 N–H and O–H groups in total. The molecule has 0 spiro atoms. The number of nitrogens with zero attached hydrogens (tertiary/aromatic N) is 3. The van der Waals surface area contributed by atoms with E-state index in [1.54, 1.807) is 18.0 Å². The molecule has 0 atom stereocenters. The third kappa shape index (κ3) is 1.93. The smallest absolute Gasteiger partial charge is 0.181 e. The second-order valence-electron chi connectivity index (χ2n) is 3.31. The molecule has 0 unspecified atom stereocenters. The first-order chi connectivity index (χ1) is 7.70. The van der Waals surface area contributed by atoms with E-state index in [1.807, 2.05) is 24.3 Å². The number of ketones is 1. The standard InChI is InChI=1S/C11H11N3O2/c1-8(15)11-7-14(13-12-11)9-4-3-5-10(6-9)16-2/h3-7H,1-2H3. The van der Waals surface area contributed by atoms with Crippen LogP contribution in [0, 0.1) is 0 Å². The van der Waals surface area contributed by atoms with E-state index in [9.17, 15) is 4.79 Å². The normalized spacial score (nSPS) is 10.1. The Bertz CT molecular complexity index is 519. The number of carbonyl (C=O) groups is 1. The molecule has 82 valence electrons. The summed E-state index contributed by atoms with van der Waals surface area (Å²) in [5.41, 5.74) is 1.15. The molecule has 0 saturated heterocycles. The molecule has 0 bridgehead atoms. The number of aromatic nitrogens is 3. The zero-order valence-corrected chi connectivity index (χ0v) is 9.04. The Kier molecular flexibility index (Phi) is 2.68. The van der Waals surface area contributed by atoms with Crippen LogP contribution in [0.3, 0.4) is 0 Å². The molecule has 1 heterocycles. The molecule has 16 heavy (non-hydrogen) atoms. The Balaban J connectivity index is 2.38. The molecule has 5 heteroatoms. The quantitative estimate of drug-likeness (QED) is 0.731. The van der Waals surface area contributed by atoms with Crippen LogP contribution >= 0.6 is 0 Å². The highest BCUT2D eigenvalue weighted by molar-refractivity contribution is 5.91. The van der Waals surface area contributed by atoms with Crippen LogP contribution in [0.15, 0.2) is 30.5 Å². The summed E-state index contributed by atoms with van der Waals surface area (Å²) in [5.74, 6) is 0.631. The van der Waals surface area contributed by atoms with Gasteiger partial charge in [0.1, 0.15) is 11.4 Å². The number of methoxy groups -OCH3 is 1.